The van der Waals surface area contributed by atoms with Crippen molar-refractivity contribution in [3.63, 3.8) is 0 Å². The summed E-state index contributed by atoms with van der Waals surface area (Å²) in [5, 5.41) is 5.51. The van der Waals surface area contributed by atoms with E-state index in [0.29, 0.717) is 17.7 Å². The molecule has 1 saturated carbocycles. The van der Waals surface area contributed by atoms with Gasteiger partial charge in [-0.2, -0.15) is 0 Å². The van der Waals surface area contributed by atoms with Gasteiger partial charge >= 0.3 is 0 Å². The molecule has 1 aliphatic carbocycles. The fourth-order valence-corrected chi connectivity index (χ4v) is 3.68. The minimum atomic E-state index is -0.506. The van der Waals surface area contributed by atoms with Crippen LogP contribution in [0.15, 0.2) is 53.4 Å². The van der Waals surface area contributed by atoms with Gasteiger partial charge < -0.3 is 16.4 Å². The first-order valence-corrected chi connectivity index (χ1v) is 10.1. The van der Waals surface area contributed by atoms with Gasteiger partial charge in [-0.1, -0.05) is 13.0 Å². The predicted octanol–water partition coefficient (Wildman–Crippen LogP) is 3.64. The molecule has 1 fully saturated rings. The molecule has 0 radical (unpaired) electrons. The Hall–Kier alpha value is -2.80. The fraction of sp³-hybridized carbons (Fsp3) is 0.286. The third kappa shape index (κ3) is 5.36. The molecule has 0 bridgehead atoms. The van der Waals surface area contributed by atoms with Gasteiger partial charge in [-0.15, -0.1) is 11.8 Å². The minimum absolute atomic E-state index is 0.0614. The van der Waals surface area contributed by atoms with Crippen LogP contribution in [0.3, 0.4) is 0 Å². The molecular formula is C21H23N3O3S. The van der Waals surface area contributed by atoms with E-state index >= 15 is 0 Å². The number of nitrogens with one attached hydrogen (secondary N) is 2. The highest BCUT2D eigenvalue weighted by atomic mass is 32.2. The predicted molar refractivity (Wildman–Crippen MR) is 111 cm³/mol. The highest BCUT2D eigenvalue weighted by Crippen LogP contribution is 2.32. The Labute approximate surface area is 168 Å². The summed E-state index contributed by atoms with van der Waals surface area (Å²) in [4.78, 5) is 36.6. The summed E-state index contributed by atoms with van der Waals surface area (Å²) < 4.78 is 0. The standard InChI is InChI=1S/C21H23N3O3S/c1-2-18(21(27)23-15-10-8-13(9-11-15)19(22)25)28-17-5-3-4-16(12-17)24-20(26)14-6-7-14/h3-5,8-12,14,18H,2,6-7H2,1H3,(H2,22,25)(H,23,27)(H,24,26). The van der Waals surface area contributed by atoms with Crippen LogP contribution in [-0.2, 0) is 9.59 Å². The van der Waals surface area contributed by atoms with Crippen LogP contribution < -0.4 is 16.4 Å². The molecule has 1 unspecified atom stereocenters. The molecule has 3 rings (SSSR count). The molecule has 146 valence electrons. The number of carbonyl (C=O) groups is 3. The van der Waals surface area contributed by atoms with Gasteiger partial charge in [-0.25, -0.2) is 0 Å². The zero-order valence-electron chi connectivity index (χ0n) is 15.6. The number of primary amides is 1. The van der Waals surface area contributed by atoms with E-state index in [1.54, 1.807) is 24.3 Å². The van der Waals surface area contributed by atoms with Crippen molar-refractivity contribution in [1.82, 2.24) is 0 Å². The molecule has 0 heterocycles. The normalized spacial score (nSPS) is 14.2. The van der Waals surface area contributed by atoms with Crippen LogP contribution in [-0.4, -0.2) is 23.0 Å². The molecular weight excluding hydrogens is 374 g/mol. The van der Waals surface area contributed by atoms with Crippen molar-refractivity contribution in [3.05, 3.63) is 54.1 Å². The lowest BCUT2D eigenvalue weighted by atomic mass is 10.2. The van der Waals surface area contributed by atoms with Crippen LogP contribution >= 0.6 is 11.8 Å². The first kappa shape index (κ1) is 19.9. The van der Waals surface area contributed by atoms with Gasteiger partial charge in [-0.05, 0) is 61.7 Å². The Bertz CT molecular complexity index is 879. The first-order valence-electron chi connectivity index (χ1n) is 9.24. The lowest BCUT2D eigenvalue weighted by molar-refractivity contribution is -0.117. The third-order valence-corrected chi connectivity index (χ3v) is 5.79. The van der Waals surface area contributed by atoms with Gasteiger partial charge in [0.05, 0.1) is 5.25 Å². The maximum Gasteiger partial charge on any atom is 0.248 e. The summed E-state index contributed by atoms with van der Waals surface area (Å²) >= 11 is 1.45. The van der Waals surface area contributed by atoms with E-state index in [2.05, 4.69) is 10.6 Å². The van der Waals surface area contributed by atoms with Gasteiger partial charge in [-0.3, -0.25) is 14.4 Å². The largest absolute Gasteiger partial charge is 0.366 e. The molecule has 2 aromatic rings. The number of nitrogens with two attached hydrogens (primary N) is 1. The number of carbonyl (C=O) groups excluding carboxylic acids is 3. The highest BCUT2D eigenvalue weighted by molar-refractivity contribution is 8.00. The Kier molecular flexibility index (Phi) is 6.36. The van der Waals surface area contributed by atoms with Crippen molar-refractivity contribution in [2.24, 2.45) is 11.7 Å². The van der Waals surface area contributed by atoms with Crippen molar-refractivity contribution in [3.8, 4) is 0 Å². The summed E-state index contributed by atoms with van der Waals surface area (Å²) in [5.74, 6) is -0.418. The van der Waals surface area contributed by atoms with Crippen LogP contribution in [0, 0.1) is 5.92 Å². The van der Waals surface area contributed by atoms with Crippen molar-refractivity contribution < 1.29 is 14.4 Å². The molecule has 0 aliphatic heterocycles. The lowest BCUT2D eigenvalue weighted by Crippen LogP contribution is -2.24. The Morgan fingerprint density at radius 3 is 2.39 bits per heavy atom. The fourth-order valence-electron chi connectivity index (χ4n) is 2.66. The maximum atomic E-state index is 12.6. The SMILES string of the molecule is CCC(Sc1cccc(NC(=O)C2CC2)c1)C(=O)Nc1ccc(C(N)=O)cc1. The van der Waals surface area contributed by atoms with Crippen LogP contribution in [0.25, 0.3) is 0 Å². The third-order valence-electron chi connectivity index (χ3n) is 4.43. The molecule has 7 heteroatoms. The second-order valence-corrected chi connectivity index (χ2v) is 8.01. The van der Waals surface area contributed by atoms with E-state index in [1.807, 2.05) is 31.2 Å². The number of hydrogen-bond acceptors (Lipinski definition) is 4. The number of amides is 3. The van der Waals surface area contributed by atoms with E-state index in [4.69, 9.17) is 5.73 Å². The van der Waals surface area contributed by atoms with Crippen molar-refractivity contribution >= 4 is 40.9 Å². The first-order chi connectivity index (χ1) is 13.5. The van der Waals surface area contributed by atoms with Crippen LogP contribution in [0.5, 0.6) is 0 Å². The summed E-state index contributed by atoms with van der Waals surface area (Å²) in [6.45, 7) is 1.95. The molecule has 1 atom stereocenters. The smallest absolute Gasteiger partial charge is 0.248 e. The van der Waals surface area contributed by atoms with Gasteiger partial charge in [0.15, 0.2) is 0 Å². The van der Waals surface area contributed by atoms with E-state index in [-0.39, 0.29) is 23.0 Å². The van der Waals surface area contributed by atoms with E-state index < -0.39 is 5.91 Å². The minimum Gasteiger partial charge on any atom is -0.366 e. The zero-order chi connectivity index (χ0) is 20.1. The molecule has 0 aromatic heterocycles. The van der Waals surface area contributed by atoms with Gasteiger partial charge in [0, 0.05) is 27.8 Å². The summed E-state index contributed by atoms with van der Waals surface area (Å²) in [7, 11) is 0. The highest BCUT2D eigenvalue weighted by Gasteiger charge is 2.29. The zero-order valence-corrected chi connectivity index (χ0v) is 16.4. The van der Waals surface area contributed by atoms with Crippen molar-refractivity contribution in [2.75, 3.05) is 10.6 Å². The van der Waals surface area contributed by atoms with Crippen LogP contribution in [0.1, 0.15) is 36.5 Å². The van der Waals surface area contributed by atoms with Crippen molar-refractivity contribution in [1.29, 1.82) is 0 Å². The molecule has 6 nitrogen and oxygen atoms in total. The van der Waals surface area contributed by atoms with Gasteiger partial charge in [0.2, 0.25) is 17.7 Å². The van der Waals surface area contributed by atoms with Crippen molar-refractivity contribution in [2.45, 2.75) is 36.3 Å². The number of rotatable bonds is 8. The monoisotopic (exact) mass is 397 g/mol. The van der Waals surface area contributed by atoms with E-state index in [0.717, 1.165) is 23.4 Å². The number of hydrogen-bond donors (Lipinski definition) is 3. The van der Waals surface area contributed by atoms with Crippen LogP contribution in [0.4, 0.5) is 11.4 Å². The van der Waals surface area contributed by atoms with E-state index in [9.17, 15) is 14.4 Å². The Morgan fingerprint density at radius 2 is 1.79 bits per heavy atom. The molecule has 4 N–H and O–H groups in total. The Balaban J connectivity index is 1.61. The van der Waals surface area contributed by atoms with Gasteiger partial charge in [0.1, 0.15) is 0 Å². The summed E-state index contributed by atoms with van der Waals surface area (Å²) in [6, 6.07) is 14.0. The number of anilines is 2. The molecule has 0 spiro atoms. The van der Waals surface area contributed by atoms with E-state index in [1.165, 1.54) is 11.8 Å². The maximum absolute atomic E-state index is 12.6. The average Bonchev–Trinajstić information content (AvgIpc) is 3.52. The molecule has 2 aromatic carbocycles. The number of benzene rings is 2. The molecule has 1 aliphatic rings. The molecule has 28 heavy (non-hydrogen) atoms. The topological polar surface area (TPSA) is 101 Å². The average molecular weight is 398 g/mol. The molecule has 3 amide bonds. The lowest BCUT2D eigenvalue weighted by Gasteiger charge is -2.15. The Morgan fingerprint density at radius 1 is 1.07 bits per heavy atom. The second-order valence-electron chi connectivity index (χ2n) is 6.74. The van der Waals surface area contributed by atoms with Gasteiger partial charge in [0.25, 0.3) is 0 Å². The summed E-state index contributed by atoms with van der Waals surface area (Å²) in [5.41, 5.74) is 6.98. The quantitative estimate of drug-likeness (QED) is 0.592. The number of thioether (sulfide) groups is 1. The van der Waals surface area contributed by atoms with Crippen LogP contribution in [0.2, 0.25) is 0 Å². The summed E-state index contributed by atoms with van der Waals surface area (Å²) in [6.07, 6.45) is 2.56. The second kappa shape index (κ2) is 8.93. The molecule has 0 saturated heterocycles.